The minimum Gasteiger partial charge on any atom is -0.494 e. The van der Waals surface area contributed by atoms with Gasteiger partial charge in [0, 0.05) is 57.1 Å². The van der Waals surface area contributed by atoms with Crippen LogP contribution in [0.3, 0.4) is 0 Å². The molecule has 0 radical (unpaired) electrons. The molecule has 0 saturated carbocycles. The molecule has 0 unspecified atom stereocenters. The van der Waals surface area contributed by atoms with Crippen molar-refractivity contribution in [2.24, 2.45) is 0 Å². The van der Waals surface area contributed by atoms with Gasteiger partial charge in [-0.15, -0.1) is 0 Å². The van der Waals surface area contributed by atoms with Crippen LogP contribution in [-0.2, 0) is 4.74 Å². The third-order valence-corrected chi connectivity index (χ3v) is 7.51. The molecule has 0 spiro atoms. The lowest BCUT2D eigenvalue weighted by Gasteiger charge is -2.35. The van der Waals surface area contributed by atoms with Gasteiger partial charge in [0.15, 0.2) is 0 Å². The molecule has 216 valence electrons. The smallest absolute Gasteiger partial charge is 0.410 e. The van der Waals surface area contributed by atoms with Gasteiger partial charge in [-0.05, 0) is 81.8 Å². The first-order valence-electron chi connectivity index (χ1n) is 14.1. The van der Waals surface area contributed by atoms with E-state index in [1.165, 1.54) is 17.7 Å². The van der Waals surface area contributed by atoms with Gasteiger partial charge < -0.3 is 19.3 Å². The van der Waals surface area contributed by atoms with Crippen molar-refractivity contribution in [3.8, 4) is 11.8 Å². The number of piperidine rings is 1. The Kier molecular flexibility index (Phi) is 9.85. The van der Waals surface area contributed by atoms with E-state index < -0.39 is 12.0 Å². The number of hydrogen-bond acceptors (Lipinski definition) is 6. The summed E-state index contributed by atoms with van der Waals surface area (Å²) in [6.45, 7) is 11.8. The summed E-state index contributed by atoms with van der Waals surface area (Å²) in [7, 11) is 0. The SMILES string of the molecule is CC(C)(C)OC(=O)N1CCN(CCCOc2ccc(C3CCN(c4ccc(C#N)c(C(F)F)c4)CC3)cc2)CC1. The van der Waals surface area contributed by atoms with Crippen LogP contribution in [0.1, 0.15) is 69.1 Å². The van der Waals surface area contributed by atoms with E-state index in [1.54, 1.807) is 11.0 Å². The Morgan fingerprint density at radius 2 is 1.70 bits per heavy atom. The molecule has 40 heavy (non-hydrogen) atoms. The van der Waals surface area contributed by atoms with E-state index in [0.717, 1.165) is 63.4 Å². The zero-order valence-corrected chi connectivity index (χ0v) is 23.7. The number of piperazine rings is 1. The van der Waals surface area contributed by atoms with Gasteiger partial charge in [0.25, 0.3) is 6.43 Å². The summed E-state index contributed by atoms with van der Waals surface area (Å²) in [6.07, 6.45) is -0.111. The molecule has 0 bridgehead atoms. The Hall–Kier alpha value is -3.38. The van der Waals surface area contributed by atoms with Crippen LogP contribution >= 0.6 is 0 Å². The molecular weight excluding hydrogens is 514 g/mol. The number of benzene rings is 2. The average Bonchev–Trinajstić information content (AvgIpc) is 2.95. The third-order valence-electron chi connectivity index (χ3n) is 7.51. The molecule has 4 rings (SSSR count). The average molecular weight is 555 g/mol. The van der Waals surface area contributed by atoms with Crippen LogP contribution in [0, 0.1) is 11.3 Å². The summed E-state index contributed by atoms with van der Waals surface area (Å²) in [5.74, 6) is 1.27. The Morgan fingerprint density at radius 3 is 2.30 bits per heavy atom. The fraction of sp³-hybridized carbons (Fsp3) is 0.548. The molecule has 2 fully saturated rings. The number of carbonyl (C=O) groups excluding carboxylic acids is 1. The van der Waals surface area contributed by atoms with E-state index in [-0.39, 0.29) is 17.2 Å². The van der Waals surface area contributed by atoms with E-state index in [9.17, 15) is 13.6 Å². The summed E-state index contributed by atoms with van der Waals surface area (Å²) < 4.78 is 38.1. The second-order valence-electron chi connectivity index (χ2n) is 11.5. The first-order chi connectivity index (χ1) is 19.1. The zero-order valence-electron chi connectivity index (χ0n) is 23.7. The van der Waals surface area contributed by atoms with Crippen molar-refractivity contribution in [2.75, 3.05) is 57.3 Å². The maximum absolute atomic E-state index is 13.3. The number of hydrogen-bond donors (Lipinski definition) is 0. The number of anilines is 1. The lowest BCUT2D eigenvalue weighted by atomic mass is 9.89. The van der Waals surface area contributed by atoms with Crippen molar-refractivity contribution in [1.29, 1.82) is 5.26 Å². The molecule has 2 saturated heterocycles. The van der Waals surface area contributed by atoms with Crippen LogP contribution in [0.2, 0.25) is 0 Å². The standard InChI is InChI=1S/C31H40F2N4O3/c1-31(2,3)40-30(38)37-18-16-35(17-19-37)13-4-20-39-27-9-6-23(7-10-27)24-11-14-36(15-12-24)26-8-5-25(22-34)28(21-26)29(32)33/h5-10,21,24,29H,4,11-20H2,1-3H3. The van der Waals surface area contributed by atoms with Crippen molar-refractivity contribution < 1.29 is 23.0 Å². The summed E-state index contributed by atoms with van der Waals surface area (Å²) in [5, 5.41) is 9.09. The van der Waals surface area contributed by atoms with Crippen molar-refractivity contribution in [2.45, 2.75) is 58.0 Å². The first-order valence-corrected chi connectivity index (χ1v) is 14.1. The van der Waals surface area contributed by atoms with Crippen LogP contribution < -0.4 is 9.64 Å². The predicted octanol–water partition coefficient (Wildman–Crippen LogP) is 6.20. The monoisotopic (exact) mass is 554 g/mol. The second kappa shape index (κ2) is 13.3. The number of alkyl halides is 2. The maximum atomic E-state index is 13.3. The highest BCUT2D eigenvalue weighted by Crippen LogP contribution is 2.33. The highest BCUT2D eigenvalue weighted by Gasteiger charge is 2.26. The minimum absolute atomic E-state index is 0.0362. The molecule has 2 heterocycles. The zero-order chi connectivity index (χ0) is 28.7. The molecule has 1 amide bonds. The molecule has 0 aliphatic carbocycles. The minimum atomic E-state index is -2.66. The Labute approximate surface area is 236 Å². The van der Waals surface area contributed by atoms with Gasteiger partial charge in [0.2, 0.25) is 0 Å². The second-order valence-corrected chi connectivity index (χ2v) is 11.5. The largest absolute Gasteiger partial charge is 0.494 e. The van der Waals surface area contributed by atoms with E-state index in [1.807, 2.05) is 39.0 Å². The molecule has 0 N–H and O–H groups in total. The van der Waals surface area contributed by atoms with Crippen LogP contribution in [0.15, 0.2) is 42.5 Å². The highest BCUT2D eigenvalue weighted by atomic mass is 19.3. The molecule has 2 aliphatic heterocycles. The topological polar surface area (TPSA) is 69.0 Å². The quantitative estimate of drug-likeness (QED) is 0.362. The maximum Gasteiger partial charge on any atom is 0.410 e. The van der Waals surface area contributed by atoms with E-state index >= 15 is 0 Å². The lowest BCUT2D eigenvalue weighted by molar-refractivity contribution is 0.0142. The van der Waals surface area contributed by atoms with Gasteiger partial charge >= 0.3 is 6.09 Å². The Morgan fingerprint density at radius 1 is 1.02 bits per heavy atom. The van der Waals surface area contributed by atoms with Gasteiger partial charge in [0.1, 0.15) is 11.4 Å². The fourth-order valence-electron chi connectivity index (χ4n) is 5.30. The molecule has 2 aliphatic rings. The van der Waals surface area contributed by atoms with Crippen LogP contribution in [-0.4, -0.2) is 73.9 Å². The van der Waals surface area contributed by atoms with Crippen LogP contribution in [0.5, 0.6) is 5.75 Å². The van der Waals surface area contributed by atoms with Gasteiger partial charge in [-0.25, -0.2) is 13.6 Å². The number of carbonyl (C=O) groups is 1. The number of nitriles is 1. The van der Waals surface area contributed by atoms with Crippen molar-refractivity contribution in [3.05, 3.63) is 59.2 Å². The molecule has 2 aromatic rings. The Bertz CT molecular complexity index is 1160. The number of halogens is 2. The van der Waals surface area contributed by atoms with E-state index in [2.05, 4.69) is 21.9 Å². The third kappa shape index (κ3) is 8.07. The molecule has 0 aromatic heterocycles. The number of nitrogens with zero attached hydrogens (tertiary/aromatic N) is 4. The predicted molar refractivity (Wildman–Crippen MR) is 151 cm³/mol. The normalized spacial score (nSPS) is 17.1. The summed E-state index contributed by atoms with van der Waals surface area (Å²) in [5.41, 5.74) is 1.39. The van der Waals surface area contributed by atoms with Gasteiger partial charge in [-0.2, -0.15) is 5.26 Å². The fourth-order valence-corrected chi connectivity index (χ4v) is 5.30. The highest BCUT2D eigenvalue weighted by molar-refractivity contribution is 5.68. The van der Waals surface area contributed by atoms with Gasteiger partial charge in [0.05, 0.1) is 18.2 Å². The van der Waals surface area contributed by atoms with Gasteiger partial charge in [-0.1, -0.05) is 12.1 Å². The summed E-state index contributed by atoms with van der Waals surface area (Å²) in [4.78, 5) is 18.5. The number of amides is 1. The first kappa shape index (κ1) is 29.6. The summed E-state index contributed by atoms with van der Waals surface area (Å²) >= 11 is 0. The molecule has 2 aromatic carbocycles. The molecule has 9 heteroatoms. The molecule has 7 nitrogen and oxygen atoms in total. The van der Waals surface area contributed by atoms with Crippen molar-refractivity contribution in [3.63, 3.8) is 0 Å². The van der Waals surface area contributed by atoms with Crippen molar-refractivity contribution >= 4 is 11.8 Å². The van der Waals surface area contributed by atoms with Crippen molar-refractivity contribution in [1.82, 2.24) is 9.80 Å². The van der Waals surface area contributed by atoms with E-state index in [0.29, 0.717) is 25.6 Å². The number of rotatable bonds is 8. The van der Waals surface area contributed by atoms with Crippen LogP contribution in [0.4, 0.5) is 19.3 Å². The van der Waals surface area contributed by atoms with Gasteiger partial charge in [-0.3, -0.25) is 4.90 Å². The van der Waals surface area contributed by atoms with Crippen LogP contribution in [0.25, 0.3) is 0 Å². The molecule has 0 atom stereocenters. The Balaban J connectivity index is 1.16. The van der Waals surface area contributed by atoms with E-state index in [4.69, 9.17) is 14.7 Å². The summed E-state index contributed by atoms with van der Waals surface area (Å²) in [6, 6.07) is 14.9. The lowest BCUT2D eigenvalue weighted by Crippen LogP contribution is -2.50. The number of ether oxygens (including phenoxy) is 2. The molecular formula is C31H40F2N4O3.